The lowest BCUT2D eigenvalue weighted by molar-refractivity contribution is 0.576. The monoisotopic (exact) mass is 309 g/mol. The van der Waals surface area contributed by atoms with Crippen molar-refractivity contribution in [3.05, 3.63) is 68.7 Å². The van der Waals surface area contributed by atoms with Crippen molar-refractivity contribution in [3.8, 4) is 11.6 Å². The van der Waals surface area contributed by atoms with Crippen molar-refractivity contribution in [2.24, 2.45) is 0 Å². The number of aryl methyl sites for hydroxylation is 1. The van der Waals surface area contributed by atoms with Crippen molar-refractivity contribution in [2.45, 2.75) is 6.92 Å². The number of thiazole rings is 1. The van der Waals surface area contributed by atoms with Crippen LogP contribution in [0.4, 0.5) is 0 Å². The fraction of sp³-hybridized carbons (Fsp3) is 0.0625. The second-order valence-corrected chi connectivity index (χ2v) is 5.95. The molecule has 3 aromatic heterocycles. The summed E-state index contributed by atoms with van der Waals surface area (Å²) in [5.74, 6) is 0.967. The molecule has 5 nitrogen and oxygen atoms in total. The summed E-state index contributed by atoms with van der Waals surface area (Å²) >= 11 is 1.32. The van der Waals surface area contributed by atoms with Crippen LogP contribution in [-0.4, -0.2) is 14.6 Å². The molecule has 0 saturated heterocycles. The molecule has 0 bridgehead atoms. The van der Waals surface area contributed by atoms with E-state index in [1.165, 1.54) is 21.3 Å². The number of fused-ring (bicyclic) bond motifs is 1. The number of rotatable bonds is 2. The standard InChI is InChI=1S/C16H11N3O2S/c1-10-4-6-11(7-5-10)9-13-15(20)19-14(12-3-2-8-21-12)17-18-16(19)22-13/h2-9H,1H3. The molecule has 0 aliphatic rings. The fourth-order valence-electron chi connectivity index (χ4n) is 2.24. The van der Waals surface area contributed by atoms with Gasteiger partial charge in [0.25, 0.3) is 5.56 Å². The Kier molecular flexibility index (Phi) is 2.90. The highest BCUT2D eigenvalue weighted by Gasteiger charge is 2.15. The first-order valence-electron chi connectivity index (χ1n) is 6.72. The third-order valence-corrected chi connectivity index (χ3v) is 4.32. The quantitative estimate of drug-likeness (QED) is 0.570. The van der Waals surface area contributed by atoms with Crippen molar-refractivity contribution >= 4 is 22.4 Å². The van der Waals surface area contributed by atoms with E-state index in [4.69, 9.17) is 4.42 Å². The van der Waals surface area contributed by atoms with E-state index in [1.807, 2.05) is 37.3 Å². The van der Waals surface area contributed by atoms with Crippen LogP contribution in [-0.2, 0) is 0 Å². The van der Waals surface area contributed by atoms with E-state index < -0.39 is 0 Å². The summed E-state index contributed by atoms with van der Waals surface area (Å²) in [7, 11) is 0. The van der Waals surface area contributed by atoms with Crippen LogP contribution >= 0.6 is 11.3 Å². The minimum atomic E-state index is -0.128. The summed E-state index contributed by atoms with van der Waals surface area (Å²) in [5.41, 5.74) is 2.04. The first kappa shape index (κ1) is 13.0. The maximum atomic E-state index is 12.6. The van der Waals surface area contributed by atoms with Gasteiger partial charge in [-0.1, -0.05) is 41.2 Å². The van der Waals surface area contributed by atoms with Crippen LogP contribution in [0.15, 0.2) is 51.9 Å². The van der Waals surface area contributed by atoms with Gasteiger partial charge in [0.05, 0.1) is 10.8 Å². The molecule has 0 amide bonds. The molecular weight excluding hydrogens is 298 g/mol. The van der Waals surface area contributed by atoms with Gasteiger partial charge in [-0.05, 0) is 30.7 Å². The number of hydrogen-bond donors (Lipinski definition) is 0. The molecule has 6 heteroatoms. The molecule has 0 saturated carbocycles. The predicted molar refractivity (Wildman–Crippen MR) is 84.8 cm³/mol. The summed E-state index contributed by atoms with van der Waals surface area (Å²) < 4.78 is 7.43. The summed E-state index contributed by atoms with van der Waals surface area (Å²) in [5, 5.41) is 8.10. The fourth-order valence-corrected chi connectivity index (χ4v) is 3.15. The molecule has 0 aliphatic heterocycles. The second-order valence-electron chi connectivity index (χ2n) is 4.95. The van der Waals surface area contributed by atoms with Gasteiger partial charge in [-0.3, -0.25) is 4.79 Å². The molecule has 4 rings (SSSR count). The van der Waals surface area contributed by atoms with Gasteiger partial charge in [0, 0.05) is 0 Å². The van der Waals surface area contributed by atoms with Gasteiger partial charge in [0.2, 0.25) is 10.8 Å². The maximum absolute atomic E-state index is 12.6. The molecule has 0 atom stereocenters. The third-order valence-electron chi connectivity index (χ3n) is 3.37. The Bertz CT molecular complexity index is 1040. The number of nitrogens with zero attached hydrogens (tertiary/aromatic N) is 3. The molecule has 0 N–H and O–H groups in total. The Balaban J connectivity index is 1.92. The van der Waals surface area contributed by atoms with Crippen LogP contribution in [0.25, 0.3) is 22.6 Å². The lowest BCUT2D eigenvalue weighted by Crippen LogP contribution is -2.23. The summed E-state index contributed by atoms with van der Waals surface area (Å²) in [6, 6.07) is 11.5. The van der Waals surface area contributed by atoms with Gasteiger partial charge in [0.1, 0.15) is 0 Å². The highest BCUT2D eigenvalue weighted by Crippen LogP contribution is 2.17. The van der Waals surface area contributed by atoms with Crippen molar-refractivity contribution in [1.82, 2.24) is 14.6 Å². The van der Waals surface area contributed by atoms with Crippen molar-refractivity contribution in [3.63, 3.8) is 0 Å². The van der Waals surface area contributed by atoms with E-state index in [0.29, 0.717) is 21.1 Å². The second kappa shape index (κ2) is 4.92. The number of benzene rings is 1. The van der Waals surface area contributed by atoms with Crippen molar-refractivity contribution in [2.75, 3.05) is 0 Å². The van der Waals surface area contributed by atoms with Crippen LogP contribution in [0.3, 0.4) is 0 Å². The van der Waals surface area contributed by atoms with Crippen LogP contribution in [0.1, 0.15) is 11.1 Å². The maximum Gasteiger partial charge on any atom is 0.276 e. The van der Waals surface area contributed by atoms with Crippen molar-refractivity contribution in [1.29, 1.82) is 0 Å². The minimum absolute atomic E-state index is 0.128. The molecule has 4 aromatic rings. The van der Waals surface area contributed by atoms with Gasteiger partial charge in [-0.2, -0.15) is 0 Å². The summed E-state index contributed by atoms with van der Waals surface area (Å²) in [6.45, 7) is 2.03. The van der Waals surface area contributed by atoms with Gasteiger partial charge in [-0.15, -0.1) is 10.2 Å². The molecule has 0 radical (unpaired) electrons. The number of aromatic nitrogens is 3. The average Bonchev–Trinajstić information content (AvgIpc) is 3.21. The smallest absolute Gasteiger partial charge is 0.276 e. The zero-order chi connectivity index (χ0) is 15.1. The summed E-state index contributed by atoms with van der Waals surface area (Å²) in [6.07, 6.45) is 3.42. The molecule has 0 spiro atoms. The highest BCUT2D eigenvalue weighted by molar-refractivity contribution is 7.15. The first-order valence-corrected chi connectivity index (χ1v) is 7.54. The Hall–Kier alpha value is -2.73. The van der Waals surface area contributed by atoms with Gasteiger partial charge in [-0.25, -0.2) is 4.40 Å². The van der Waals surface area contributed by atoms with Crippen molar-refractivity contribution < 1.29 is 4.42 Å². The Morgan fingerprint density at radius 2 is 2.00 bits per heavy atom. The van der Waals surface area contributed by atoms with E-state index in [0.717, 1.165) is 5.56 Å². The minimum Gasteiger partial charge on any atom is -0.461 e. The van der Waals surface area contributed by atoms with Crippen LogP contribution in [0, 0.1) is 6.92 Å². The molecule has 1 aromatic carbocycles. The number of hydrogen-bond acceptors (Lipinski definition) is 5. The van der Waals surface area contributed by atoms with Gasteiger partial charge < -0.3 is 4.42 Å². The van der Waals surface area contributed by atoms with Crippen LogP contribution in [0.5, 0.6) is 0 Å². The largest absolute Gasteiger partial charge is 0.461 e. The zero-order valence-electron chi connectivity index (χ0n) is 11.7. The third kappa shape index (κ3) is 2.05. The van der Waals surface area contributed by atoms with E-state index in [9.17, 15) is 4.79 Å². The molecule has 108 valence electrons. The van der Waals surface area contributed by atoms with E-state index in [1.54, 1.807) is 18.4 Å². The molecule has 0 aliphatic carbocycles. The predicted octanol–water partition coefficient (Wildman–Crippen LogP) is 2.27. The molecule has 3 heterocycles. The van der Waals surface area contributed by atoms with Gasteiger partial charge >= 0.3 is 0 Å². The normalized spacial score (nSPS) is 12.3. The lowest BCUT2D eigenvalue weighted by atomic mass is 10.1. The molecule has 22 heavy (non-hydrogen) atoms. The van der Waals surface area contributed by atoms with E-state index in [-0.39, 0.29) is 5.56 Å². The Labute approximate surface area is 129 Å². The number of furan rings is 1. The average molecular weight is 309 g/mol. The Morgan fingerprint density at radius 3 is 2.73 bits per heavy atom. The molecule has 0 unspecified atom stereocenters. The van der Waals surface area contributed by atoms with E-state index in [2.05, 4.69) is 10.2 Å². The summed E-state index contributed by atoms with van der Waals surface area (Å²) in [4.78, 5) is 13.2. The first-order chi connectivity index (χ1) is 10.7. The lowest BCUT2D eigenvalue weighted by Gasteiger charge is -1.92. The van der Waals surface area contributed by atoms with Crippen LogP contribution in [0.2, 0.25) is 0 Å². The zero-order valence-corrected chi connectivity index (χ0v) is 12.5. The van der Waals surface area contributed by atoms with E-state index >= 15 is 0 Å². The molecular formula is C16H11N3O2S. The van der Waals surface area contributed by atoms with Gasteiger partial charge in [0.15, 0.2) is 5.76 Å². The Morgan fingerprint density at radius 1 is 1.18 bits per heavy atom. The SMILES string of the molecule is Cc1ccc(C=c2sc3nnc(-c4ccco4)n3c2=O)cc1. The highest BCUT2D eigenvalue weighted by atomic mass is 32.1. The topological polar surface area (TPSA) is 60.4 Å². The molecule has 0 fully saturated rings. The van der Waals surface area contributed by atoms with Crippen LogP contribution < -0.4 is 10.1 Å².